The number of aryl methyl sites for hydroxylation is 1. The van der Waals surface area contributed by atoms with Crippen molar-refractivity contribution in [3.8, 4) is 0 Å². The number of benzene rings is 1. The number of nitrogens with zero attached hydrogens (tertiary/aromatic N) is 4. The van der Waals surface area contributed by atoms with Crippen molar-refractivity contribution in [1.82, 2.24) is 19.9 Å². The molecular weight excluding hydrogens is 487 g/mol. The number of rotatable bonds is 6. The molecule has 1 aliphatic carbocycles. The predicted molar refractivity (Wildman–Crippen MR) is 135 cm³/mol. The predicted octanol–water partition coefficient (Wildman–Crippen LogP) is 4.52. The molecule has 4 aromatic rings. The van der Waals surface area contributed by atoms with Crippen molar-refractivity contribution < 1.29 is 13.9 Å². The highest BCUT2D eigenvalue weighted by Crippen LogP contribution is 2.44. The number of nitrogens with two attached hydrogens (primary N) is 1. The van der Waals surface area contributed by atoms with Gasteiger partial charge in [0.05, 0.1) is 17.5 Å². The van der Waals surface area contributed by atoms with Gasteiger partial charge in [0.1, 0.15) is 17.3 Å². The fraction of sp³-hybridized carbons (Fsp3) is 0.417. The lowest BCUT2D eigenvalue weighted by atomic mass is 10.0. The summed E-state index contributed by atoms with van der Waals surface area (Å²) in [4.78, 5) is 31.9. The smallest absolute Gasteiger partial charge is 0.357 e. The van der Waals surface area contributed by atoms with Gasteiger partial charge in [0.25, 0.3) is 0 Å². The molecule has 1 aliphatic heterocycles. The molecule has 6 rings (SSSR count). The van der Waals surface area contributed by atoms with E-state index in [4.69, 9.17) is 20.4 Å². The number of piperidine rings is 1. The van der Waals surface area contributed by atoms with E-state index in [9.17, 15) is 9.18 Å². The van der Waals surface area contributed by atoms with Crippen LogP contribution >= 0.6 is 23.1 Å². The van der Waals surface area contributed by atoms with Crippen molar-refractivity contribution in [2.24, 2.45) is 11.7 Å². The summed E-state index contributed by atoms with van der Waals surface area (Å²) in [6.45, 7) is 4.90. The maximum atomic E-state index is 14.6. The molecular formula is C24H25FN6O2S2. The molecule has 3 N–H and O–H groups in total. The Morgan fingerprint density at radius 1 is 1.31 bits per heavy atom. The van der Waals surface area contributed by atoms with Crippen LogP contribution in [-0.4, -0.2) is 51.1 Å². The average molecular weight is 513 g/mol. The summed E-state index contributed by atoms with van der Waals surface area (Å²) < 4.78 is 20.3. The van der Waals surface area contributed by atoms with E-state index in [0.29, 0.717) is 40.1 Å². The third-order valence-electron chi connectivity index (χ3n) is 6.96. The highest BCUT2D eigenvalue weighted by atomic mass is 32.2. The number of anilines is 1. The third kappa shape index (κ3) is 3.85. The van der Waals surface area contributed by atoms with E-state index in [1.54, 1.807) is 24.4 Å². The maximum Gasteiger partial charge on any atom is 0.357 e. The molecule has 0 unspecified atom stereocenters. The number of aromatic nitrogens is 4. The van der Waals surface area contributed by atoms with Crippen LogP contribution in [0, 0.1) is 11.7 Å². The van der Waals surface area contributed by atoms with Crippen LogP contribution in [0.15, 0.2) is 27.0 Å². The molecule has 2 bridgehead atoms. The molecule has 3 atom stereocenters. The normalized spacial score (nSPS) is 21.5. The van der Waals surface area contributed by atoms with Crippen molar-refractivity contribution in [3.05, 3.63) is 34.6 Å². The first-order valence-electron chi connectivity index (χ1n) is 11.8. The summed E-state index contributed by atoms with van der Waals surface area (Å²) in [5.74, 6) is 0.527. The minimum Gasteiger partial charge on any atom is -0.461 e. The average Bonchev–Trinajstić information content (AvgIpc) is 3.61. The van der Waals surface area contributed by atoms with Gasteiger partial charge in [-0.2, -0.15) is 0 Å². The molecule has 4 heterocycles. The lowest BCUT2D eigenvalue weighted by Gasteiger charge is -2.31. The van der Waals surface area contributed by atoms with Gasteiger partial charge in [0, 0.05) is 29.4 Å². The molecule has 0 radical (unpaired) electrons. The maximum absolute atomic E-state index is 14.6. The van der Waals surface area contributed by atoms with E-state index in [0.717, 1.165) is 47.1 Å². The third-order valence-corrected chi connectivity index (χ3v) is 8.77. The Morgan fingerprint density at radius 2 is 2.17 bits per heavy atom. The SMILES string of the molecule is CCOC(=O)c1csc(Sc2nc(N3C[C@H]4C[C@@H]3C[C@H]4N)c3c(n2)[nH]c2c(CC)cc(F)cc23)n1. The number of aromatic amines is 1. The van der Waals surface area contributed by atoms with Crippen LogP contribution in [-0.2, 0) is 11.2 Å². The van der Waals surface area contributed by atoms with Gasteiger partial charge in [-0.05, 0) is 61.6 Å². The van der Waals surface area contributed by atoms with E-state index in [1.165, 1.54) is 23.1 Å². The second kappa shape index (κ2) is 8.72. The number of thiazole rings is 1. The number of H-pyrrole nitrogens is 1. The number of hydrogen-bond acceptors (Lipinski definition) is 9. The zero-order chi connectivity index (χ0) is 24.3. The summed E-state index contributed by atoms with van der Waals surface area (Å²) in [7, 11) is 0. The second-order valence-electron chi connectivity index (χ2n) is 9.04. The highest BCUT2D eigenvalue weighted by Gasteiger charge is 2.44. The monoisotopic (exact) mass is 512 g/mol. The fourth-order valence-corrected chi connectivity index (χ4v) is 7.00. The number of carbonyl (C=O) groups excluding carboxylic acids is 1. The van der Waals surface area contributed by atoms with Crippen molar-refractivity contribution in [2.45, 2.75) is 54.7 Å². The van der Waals surface area contributed by atoms with E-state index in [-0.39, 0.29) is 17.6 Å². The molecule has 0 amide bonds. The van der Waals surface area contributed by atoms with Crippen LogP contribution in [0.2, 0.25) is 0 Å². The molecule has 0 spiro atoms. The van der Waals surface area contributed by atoms with Crippen LogP contribution in [0.4, 0.5) is 10.2 Å². The quantitative estimate of drug-likeness (QED) is 0.287. The molecule has 2 aliphatic rings. The molecule has 1 aromatic carbocycles. The van der Waals surface area contributed by atoms with Gasteiger partial charge in [-0.3, -0.25) is 0 Å². The van der Waals surface area contributed by atoms with Gasteiger partial charge in [-0.25, -0.2) is 24.1 Å². The van der Waals surface area contributed by atoms with Crippen molar-refractivity contribution in [3.63, 3.8) is 0 Å². The lowest BCUT2D eigenvalue weighted by Crippen LogP contribution is -2.41. The minimum absolute atomic E-state index is 0.214. The number of halogens is 1. The molecule has 8 nitrogen and oxygen atoms in total. The van der Waals surface area contributed by atoms with E-state index in [1.807, 2.05) is 6.92 Å². The van der Waals surface area contributed by atoms with Gasteiger partial charge in [0.15, 0.2) is 15.2 Å². The number of nitrogens with one attached hydrogen (secondary N) is 1. The minimum atomic E-state index is -0.443. The molecule has 1 saturated heterocycles. The fourth-order valence-electron chi connectivity index (χ4n) is 5.36. The van der Waals surface area contributed by atoms with Gasteiger partial charge >= 0.3 is 5.97 Å². The number of carbonyl (C=O) groups is 1. The van der Waals surface area contributed by atoms with E-state index < -0.39 is 5.97 Å². The Kier molecular flexibility index (Phi) is 5.65. The summed E-state index contributed by atoms with van der Waals surface area (Å²) in [6.07, 6.45) is 2.66. The second-order valence-corrected chi connectivity index (χ2v) is 11.1. The summed E-state index contributed by atoms with van der Waals surface area (Å²) in [6, 6.07) is 3.67. The number of fused-ring (bicyclic) bond motifs is 5. The van der Waals surface area contributed by atoms with Crippen molar-refractivity contribution in [1.29, 1.82) is 0 Å². The molecule has 35 heavy (non-hydrogen) atoms. The largest absolute Gasteiger partial charge is 0.461 e. The highest BCUT2D eigenvalue weighted by molar-refractivity contribution is 8.00. The Bertz CT molecular complexity index is 1450. The van der Waals surface area contributed by atoms with Crippen LogP contribution in [0.25, 0.3) is 21.9 Å². The Labute approximate surface area is 209 Å². The van der Waals surface area contributed by atoms with Gasteiger partial charge in [-0.15, -0.1) is 11.3 Å². The standard InChI is InChI=1S/C24H25FN6O2S2/c1-3-11-5-13(25)7-15-18-20(28-19(11)15)29-23(35-24-27-17(10-34-24)22(32)33-4-2)30-21(18)31-9-12-6-14(31)8-16(12)26/h5,7,10,12,14,16H,3-4,6,8-9,26H2,1-2H3,(H,28,29,30)/t12-,14-,16-/m1/s1. The van der Waals surface area contributed by atoms with E-state index >= 15 is 0 Å². The Hall–Kier alpha value is -2.76. The first-order valence-corrected chi connectivity index (χ1v) is 13.5. The molecule has 2 fully saturated rings. The zero-order valence-corrected chi connectivity index (χ0v) is 21.0. The Morgan fingerprint density at radius 3 is 2.89 bits per heavy atom. The lowest BCUT2D eigenvalue weighted by molar-refractivity contribution is 0.0520. The van der Waals surface area contributed by atoms with Gasteiger partial charge in [0.2, 0.25) is 0 Å². The number of hydrogen-bond donors (Lipinski definition) is 2. The molecule has 1 saturated carbocycles. The number of ether oxygens (including phenoxy) is 1. The van der Waals surface area contributed by atoms with Crippen molar-refractivity contribution in [2.75, 3.05) is 18.1 Å². The first-order chi connectivity index (χ1) is 16.9. The van der Waals surface area contributed by atoms with Gasteiger partial charge < -0.3 is 20.4 Å². The van der Waals surface area contributed by atoms with Crippen LogP contribution in [0.5, 0.6) is 0 Å². The van der Waals surface area contributed by atoms with Crippen molar-refractivity contribution >= 4 is 56.8 Å². The summed E-state index contributed by atoms with van der Waals surface area (Å²) in [5, 5.41) is 3.84. The first kappa shape index (κ1) is 22.7. The Balaban J connectivity index is 1.47. The summed E-state index contributed by atoms with van der Waals surface area (Å²) >= 11 is 2.66. The van der Waals surface area contributed by atoms with Gasteiger partial charge in [-0.1, -0.05) is 6.92 Å². The summed E-state index contributed by atoms with van der Waals surface area (Å²) in [5.41, 5.74) is 9.06. The zero-order valence-electron chi connectivity index (χ0n) is 19.4. The topological polar surface area (TPSA) is 110 Å². The molecule has 3 aromatic heterocycles. The molecule has 11 heteroatoms. The van der Waals surface area contributed by atoms with Crippen LogP contribution < -0.4 is 10.6 Å². The number of esters is 1. The molecule has 182 valence electrons. The van der Waals surface area contributed by atoms with Crippen LogP contribution in [0.3, 0.4) is 0 Å². The van der Waals surface area contributed by atoms with E-state index in [2.05, 4.69) is 14.9 Å². The van der Waals surface area contributed by atoms with Crippen LogP contribution in [0.1, 0.15) is 42.7 Å².